The molecule has 6 nitrogen and oxygen atoms in total. The van der Waals surface area contributed by atoms with Crippen molar-refractivity contribution in [2.75, 3.05) is 6.61 Å². The number of nitrogens with one attached hydrogen (secondary N) is 1. The number of aryl methyl sites for hydroxylation is 2. The molecule has 0 saturated carbocycles. The fraction of sp³-hybridized carbons (Fsp3) is 0.381. The molecule has 0 unspecified atom stereocenters. The maximum atomic E-state index is 12.7. The molecular formula is C21H20F3N3O3S. The zero-order valence-corrected chi connectivity index (χ0v) is 17.5. The number of fused-ring (bicyclic) bond motifs is 2. The van der Waals surface area contributed by atoms with Crippen LogP contribution in [0.15, 0.2) is 29.1 Å². The summed E-state index contributed by atoms with van der Waals surface area (Å²) in [4.78, 5) is 31.1. The zero-order valence-electron chi connectivity index (χ0n) is 16.7. The quantitative estimate of drug-likeness (QED) is 0.620. The molecule has 31 heavy (non-hydrogen) atoms. The molecular weight excluding hydrogens is 431 g/mol. The van der Waals surface area contributed by atoms with Crippen LogP contribution >= 0.6 is 11.3 Å². The second-order valence-corrected chi connectivity index (χ2v) is 8.43. The molecule has 3 aromatic rings. The van der Waals surface area contributed by atoms with Crippen molar-refractivity contribution in [3.05, 3.63) is 62.0 Å². The predicted octanol–water partition coefficient (Wildman–Crippen LogP) is 3.72. The Morgan fingerprint density at radius 3 is 2.68 bits per heavy atom. The van der Waals surface area contributed by atoms with Gasteiger partial charge in [0.1, 0.15) is 17.3 Å². The summed E-state index contributed by atoms with van der Waals surface area (Å²) < 4.78 is 42.7. The van der Waals surface area contributed by atoms with Crippen LogP contribution in [0.1, 0.15) is 38.6 Å². The van der Waals surface area contributed by atoms with Gasteiger partial charge >= 0.3 is 6.18 Å². The molecule has 10 heteroatoms. The van der Waals surface area contributed by atoms with Crippen molar-refractivity contribution in [1.82, 2.24) is 14.9 Å². The van der Waals surface area contributed by atoms with Gasteiger partial charge < -0.3 is 10.1 Å². The SMILES string of the molecule is Cc1c(C(=O)NCc2ccc(COCC(F)(F)F)cc2)sc2nc3n(c(=O)c12)CCC3. The van der Waals surface area contributed by atoms with Gasteiger partial charge in [-0.15, -0.1) is 11.3 Å². The lowest BCUT2D eigenvalue weighted by molar-refractivity contribution is -0.176. The standard InChI is InChI=1S/C21H20F3N3O3S/c1-12-16-19(26-15-3-2-8-27(15)20(16)29)31-17(12)18(28)25-9-13-4-6-14(7-5-13)10-30-11-21(22,23)24/h4-7H,2-3,8-11H2,1H3,(H,25,28). The van der Waals surface area contributed by atoms with Crippen molar-refractivity contribution in [3.63, 3.8) is 0 Å². The third-order valence-corrected chi connectivity index (χ3v) is 6.31. The Morgan fingerprint density at radius 1 is 1.26 bits per heavy atom. The molecule has 0 atom stereocenters. The molecule has 0 fully saturated rings. The van der Waals surface area contributed by atoms with Gasteiger partial charge in [0.05, 0.1) is 16.9 Å². The number of carbonyl (C=O) groups is 1. The lowest BCUT2D eigenvalue weighted by Gasteiger charge is -2.09. The highest BCUT2D eigenvalue weighted by Gasteiger charge is 2.27. The van der Waals surface area contributed by atoms with E-state index in [1.807, 2.05) is 0 Å². The number of carbonyl (C=O) groups excluding carboxylic acids is 1. The van der Waals surface area contributed by atoms with Crippen LogP contribution < -0.4 is 10.9 Å². The number of rotatable bonds is 6. The molecule has 1 aliphatic rings. The van der Waals surface area contributed by atoms with E-state index in [9.17, 15) is 22.8 Å². The van der Waals surface area contributed by atoms with Gasteiger partial charge in [0, 0.05) is 19.5 Å². The van der Waals surface area contributed by atoms with Gasteiger partial charge in [-0.3, -0.25) is 14.2 Å². The minimum absolute atomic E-state index is 0.0892. The largest absolute Gasteiger partial charge is 0.411 e. The van der Waals surface area contributed by atoms with Gasteiger partial charge in [-0.2, -0.15) is 13.2 Å². The molecule has 0 radical (unpaired) electrons. The van der Waals surface area contributed by atoms with E-state index in [1.165, 1.54) is 11.3 Å². The number of hydrogen-bond acceptors (Lipinski definition) is 5. The number of thiophene rings is 1. The fourth-order valence-electron chi connectivity index (χ4n) is 3.59. The van der Waals surface area contributed by atoms with Crippen LogP contribution in [0.4, 0.5) is 13.2 Å². The number of ether oxygens (including phenoxy) is 1. The number of hydrogen-bond donors (Lipinski definition) is 1. The first-order valence-corrected chi connectivity index (χ1v) is 10.6. The van der Waals surface area contributed by atoms with E-state index in [4.69, 9.17) is 0 Å². The van der Waals surface area contributed by atoms with E-state index in [-0.39, 0.29) is 24.6 Å². The summed E-state index contributed by atoms with van der Waals surface area (Å²) in [5, 5.41) is 3.33. The van der Waals surface area contributed by atoms with Crippen molar-refractivity contribution >= 4 is 27.5 Å². The normalized spacial score (nSPS) is 13.5. The van der Waals surface area contributed by atoms with Crippen LogP contribution in [0, 0.1) is 6.92 Å². The highest BCUT2D eigenvalue weighted by Crippen LogP contribution is 2.28. The molecule has 0 saturated heterocycles. The van der Waals surface area contributed by atoms with Crippen molar-refractivity contribution in [2.45, 2.75) is 45.6 Å². The van der Waals surface area contributed by atoms with Crippen LogP contribution in [0.2, 0.25) is 0 Å². The Kier molecular flexibility index (Phi) is 5.85. The average molecular weight is 451 g/mol. The molecule has 164 valence electrons. The van der Waals surface area contributed by atoms with Crippen molar-refractivity contribution in [3.8, 4) is 0 Å². The van der Waals surface area contributed by atoms with E-state index < -0.39 is 12.8 Å². The summed E-state index contributed by atoms with van der Waals surface area (Å²) in [6.45, 7) is 1.24. The molecule has 0 aliphatic carbocycles. The maximum absolute atomic E-state index is 12.7. The van der Waals surface area contributed by atoms with Crippen LogP contribution in [-0.4, -0.2) is 28.2 Å². The van der Waals surface area contributed by atoms with E-state index >= 15 is 0 Å². The average Bonchev–Trinajstić information content (AvgIpc) is 3.31. The van der Waals surface area contributed by atoms with Crippen molar-refractivity contribution in [2.24, 2.45) is 0 Å². The van der Waals surface area contributed by atoms with Gasteiger partial charge in [-0.1, -0.05) is 24.3 Å². The lowest BCUT2D eigenvalue weighted by atomic mass is 10.1. The summed E-state index contributed by atoms with van der Waals surface area (Å²) in [6.07, 6.45) is -2.68. The molecule has 4 rings (SSSR count). The van der Waals surface area contributed by atoms with Gasteiger partial charge in [0.15, 0.2) is 0 Å². The third-order valence-electron chi connectivity index (χ3n) is 5.13. The van der Waals surface area contributed by atoms with Crippen LogP contribution in [-0.2, 0) is 30.9 Å². The number of aromatic nitrogens is 2. The van der Waals surface area contributed by atoms with Crippen LogP contribution in [0.25, 0.3) is 10.2 Å². The van der Waals surface area contributed by atoms with Gasteiger partial charge in [-0.25, -0.2) is 4.98 Å². The minimum Gasteiger partial charge on any atom is -0.367 e. The number of benzene rings is 1. The number of halogens is 3. The Labute approximate surface area is 179 Å². The molecule has 2 aromatic heterocycles. The Hall–Kier alpha value is -2.72. The Bertz CT molecular complexity index is 1180. The molecule has 1 aromatic carbocycles. The predicted molar refractivity (Wildman–Crippen MR) is 110 cm³/mol. The van der Waals surface area contributed by atoms with Gasteiger partial charge in [-0.05, 0) is 30.0 Å². The molecule has 3 heterocycles. The first-order valence-electron chi connectivity index (χ1n) is 9.76. The second kappa shape index (κ2) is 8.43. The zero-order chi connectivity index (χ0) is 22.2. The topological polar surface area (TPSA) is 73.2 Å². The van der Waals surface area contributed by atoms with E-state index in [1.54, 1.807) is 35.8 Å². The fourth-order valence-corrected chi connectivity index (χ4v) is 4.70. The van der Waals surface area contributed by atoms with Crippen molar-refractivity contribution < 1.29 is 22.7 Å². The minimum atomic E-state index is -4.35. The van der Waals surface area contributed by atoms with E-state index in [0.29, 0.717) is 32.8 Å². The first kappa shape index (κ1) is 21.5. The maximum Gasteiger partial charge on any atom is 0.411 e. The molecule has 0 spiro atoms. The van der Waals surface area contributed by atoms with Gasteiger partial charge in [0.2, 0.25) is 0 Å². The molecule has 1 amide bonds. The highest BCUT2D eigenvalue weighted by molar-refractivity contribution is 7.20. The molecule has 1 N–H and O–H groups in total. The summed E-state index contributed by atoms with van der Waals surface area (Å²) >= 11 is 1.22. The number of nitrogens with zero attached hydrogens (tertiary/aromatic N) is 2. The monoisotopic (exact) mass is 451 g/mol. The third kappa shape index (κ3) is 4.64. The van der Waals surface area contributed by atoms with E-state index in [0.717, 1.165) is 24.2 Å². The summed E-state index contributed by atoms with van der Waals surface area (Å²) in [7, 11) is 0. The van der Waals surface area contributed by atoms with Crippen LogP contribution in [0.3, 0.4) is 0 Å². The molecule has 0 bridgehead atoms. The van der Waals surface area contributed by atoms with Crippen molar-refractivity contribution in [1.29, 1.82) is 0 Å². The Balaban J connectivity index is 1.41. The van der Waals surface area contributed by atoms with Gasteiger partial charge in [0.25, 0.3) is 11.5 Å². The highest BCUT2D eigenvalue weighted by atomic mass is 32.1. The lowest BCUT2D eigenvalue weighted by Crippen LogP contribution is -2.23. The number of alkyl halides is 3. The smallest absolute Gasteiger partial charge is 0.367 e. The summed E-state index contributed by atoms with van der Waals surface area (Å²) in [5.74, 6) is 0.479. The summed E-state index contributed by atoms with van der Waals surface area (Å²) in [6, 6.07) is 6.77. The molecule has 1 aliphatic heterocycles. The summed E-state index contributed by atoms with van der Waals surface area (Å²) in [5.41, 5.74) is 1.95. The van der Waals surface area contributed by atoms with Crippen LogP contribution in [0.5, 0.6) is 0 Å². The Morgan fingerprint density at radius 2 is 1.97 bits per heavy atom. The van der Waals surface area contributed by atoms with E-state index in [2.05, 4.69) is 15.0 Å². The second-order valence-electron chi connectivity index (χ2n) is 7.43. The first-order chi connectivity index (χ1) is 14.7. The number of amides is 1.